The van der Waals surface area contributed by atoms with Crippen molar-refractivity contribution >= 4 is 0 Å². The molecule has 0 saturated carbocycles. The minimum atomic E-state index is 0.740. The molecule has 1 aromatic heterocycles. The Bertz CT molecular complexity index is 502. The van der Waals surface area contributed by atoms with Crippen LogP contribution in [0, 0.1) is 13.8 Å². The fraction of sp³-hybridized carbons (Fsp3) is 0.385. The first-order valence-corrected chi connectivity index (χ1v) is 5.77. The minimum Gasteiger partial charge on any atom is -0.320 e. The Morgan fingerprint density at radius 2 is 2.06 bits per heavy atom. The average molecular weight is 230 g/mol. The maximum Gasteiger partial charge on any atom is 0.146 e. The topological polar surface area (TPSA) is 42.7 Å². The second-order valence-electron chi connectivity index (χ2n) is 4.32. The van der Waals surface area contributed by atoms with Crippen molar-refractivity contribution in [3.8, 4) is 0 Å². The van der Waals surface area contributed by atoms with Crippen molar-refractivity contribution in [2.45, 2.75) is 26.9 Å². The van der Waals surface area contributed by atoms with Crippen LogP contribution in [0.25, 0.3) is 0 Å². The largest absolute Gasteiger partial charge is 0.320 e. The van der Waals surface area contributed by atoms with E-state index in [0.717, 1.165) is 18.9 Å². The van der Waals surface area contributed by atoms with E-state index < -0.39 is 0 Å². The van der Waals surface area contributed by atoms with Crippen LogP contribution >= 0.6 is 0 Å². The average Bonchev–Trinajstić information content (AvgIpc) is 2.71. The maximum atomic E-state index is 4.04. The Balaban J connectivity index is 1.95. The molecule has 4 nitrogen and oxygen atoms in total. The Labute approximate surface area is 102 Å². The van der Waals surface area contributed by atoms with E-state index in [-0.39, 0.29) is 0 Å². The van der Waals surface area contributed by atoms with Crippen LogP contribution in [0.5, 0.6) is 0 Å². The van der Waals surface area contributed by atoms with Gasteiger partial charge in [0.25, 0.3) is 0 Å². The molecule has 4 heteroatoms. The third-order valence-corrected chi connectivity index (χ3v) is 3.12. The van der Waals surface area contributed by atoms with Crippen LogP contribution in [0.4, 0.5) is 0 Å². The normalized spacial score (nSPS) is 10.8. The molecule has 2 rings (SSSR count). The third-order valence-electron chi connectivity index (χ3n) is 3.12. The van der Waals surface area contributed by atoms with E-state index in [4.69, 9.17) is 0 Å². The molecule has 0 saturated heterocycles. The van der Waals surface area contributed by atoms with Crippen LogP contribution in [-0.4, -0.2) is 14.8 Å². The SMILES string of the molecule is Cc1cccc(CNCc2nncn2C)c1C. The van der Waals surface area contributed by atoms with E-state index in [0.29, 0.717) is 0 Å². The number of benzene rings is 1. The first-order chi connectivity index (χ1) is 8.18. The van der Waals surface area contributed by atoms with E-state index in [1.807, 2.05) is 11.6 Å². The summed E-state index contributed by atoms with van der Waals surface area (Å²) in [6, 6.07) is 6.40. The molecular formula is C13H18N4. The highest BCUT2D eigenvalue weighted by Gasteiger charge is 2.02. The molecule has 0 amide bonds. The highest BCUT2D eigenvalue weighted by molar-refractivity contribution is 5.32. The second kappa shape index (κ2) is 5.10. The van der Waals surface area contributed by atoms with Gasteiger partial charge in [-0.2, -0.15) is 0 Å². The quantitative estimate of drug-likeness (QED) is 0.869. The highest BCUT2D eigenvalue weighted by atomic mass is 15.3. The van der Waals surface area contributed by atoms with Gasteiger partial charge in [0.05, 0.1) is 6.54 Å². The molecule has 0 unspecified atom stereocenters. The van der Waals surface area contributed by atoms with E-state index in [1.165, 1.54) is 16.7 Å². The van der Waals surface area contributed by atoms with Gasteiger partial charge >= 0.3 is 0 Å². The van der Waals surface area contributed by atoms with E-state index >= 15 is 0 Å². The summed E-state index contributed by atoms with van der Waals surface area (Å²) in [5.74, 6) is 0.954. The number of hydrogen-bond acceptors (Lipinski definition) is 3. The van der Waals surface area contributed by atoms with Crippen LogP contribution < -0.4 is 5.32 Å². The zero-order valence-corrected chi connectivity index (χ0v) is 10.6. The summed E-state index contributed by atoms with van der Waals surface area (Å²) >= 11 is 0. The number of aromatic nitrogens is 3. The fourth-order valence-electron chi connectivity index (χ4n) is 1.78. The number of nitrogens with one attached hydrogen (secondary N) is 1. The van der Waals surface area contributed by atoms with E-state index in [9.17, 15) is 0 Å². The van der Waals surface area contributed by atoms with Crippen molar-refractivity contribution in [2.75, 3.05) is 0 Å². The zero-order chi connectivity index (χ0) is 12.3. The lowest BCUT2D eigenvalue weighted by Crippen LogP contribution is -2.16. The Morgan fingerprint density at radius 1 is 1.24 bits per heavy atom. The van der Waals surface area contributed by atoms with Gasteiger partial charge in [0.15, 0.2) is 0 Å². The molecule has 0 fully saturated rings. The fourth-order valence-corrected chi connectivity index (χ4v) is 1.78. The third kappa shape index (κ3) is 2.71. The molecule has 0 atom stereocenters. The molecule has 1 aromatic carbocycles. The van der Waals surface area contributed by atoms with Crippen molar-refractivity contribution in [1.29, 1.82) is 0 Å². The smallest absolute Gasteiger partial charge is 0.146 e. The van der Waals surface area contributed by atoms with Gasteiger partial charge in [-0.15, -0.1) is 10.2 Å². The van der Waals surface area contributed by atoms with Gasteiger partial charge in [0.1, 0.15) is 12.2 Å². The summed E-state index contributed by atoms with van der Waals surface area (Å²) < 4.78 is 1.93. The summed E-state index contributed by atoms with van der Waals surface area (Å²) in [5.41, 5.74) is 4.04. The lowest BCUT2D eigenvalue weighted by atomic mass is 10.0. The molecule has 0 radical (unpaired) electrons. The van der Waals surface area contributed by atoms with Crippen LogP contribution in [0.15, 0.2) is 24.5 Å². The Hall–Kier alpha value is -1.68. The molecule has 2 aromatic rings. The summed E-state index contributed by atoms with van der Waals surface area (Å²) in [4.78, 5) is 0. The minimum absolute atomic E-state index is 0.740. The number of nitrogens with zero attached hydrogens (tertiary/aromatic N) is 3. The Kier molecular flexibility index (Phi) is 3.54. The number of aryl methyl sites for hydroxylation is 2. The van der Waals surface area contributed by atoms with E-state index in [2.05, 4.69) is 47.6 Å². The van der Waals surface area contributed by atoms with Crippen molar-refractivity contribution in [3.05, 3.63) is 47.0 Å². The van der Waals surface area contributed by atoms with Gasteiger partial charge in [-0.25, -0.2) is 0 Å². The molecule has 0 bridgehead atoms. The molecule has 1 heterocycles. The second-order valence-corrected chi connectivity index (χ2v) is 4.32. The molecule has 90 valence electrons. The number of hydrogen-bond donors (Lipinski definition) is 1. The zero-order valence-electron chi connectivity index (χ0n) is 10.6. The molecular weight excluding hydrogens is 212 g/mol. The molecule has 17 heavy (non-hydrogen) atoms. The Morgan fingerprint density at radius 3 is 2.76 bits per heavy atom. The van der Waals surface area contributed by atoms with Crippen LogP contribution in [0.1, 0.15) is 22.5 Å². The highest BCUT2D eigenvalue weighted by Crippen LogP contribution is 2.12. The van der Waals surface area contributed by atoms with Gasteiger partial charge in [0.2, 0.25) is 0 Å². The van der Waals surface area contributed by atoms with Gasteiger partial charge in [-0.1, -0.05) is 18.2 Å². The maximum absolute atomic E-state index is 4.04. The molecule has 0 spiro atoms. The first-order valence-electron chi connectivity index (χ1n) is 5.77. The van der Waals surface area contributed by atoms with Gasteiger partial charge in [0, 0.05) is 13.6 Å². The lowest BCUT2D eigenvalue weighted by molar-refractivity contribution is 0.635. The van der Waals surface area contributed by atoms with Gasteiger partial charge in [-0.05, 0) is 30.5 Å². The molecule has 0 aliphatic heterocycles. The predicted molar refractivity (Wildman–Crippen MR) is 67.5 cm³/mol. The van der Waals surface area contributed by atoms with Gasteiger partial charge < -0.3 is 9.88 Å². The van der Waals surface area contributed by atoms with Crippen molar-refractivity contribution in [1.82, 2.24) is 20.1 Å². The van der Waals surface area contributed by atoms with Gasteiger partial charge in [-0.3, -0.25) is 0 Å². The van der Waals surface area contributed by atoms with Crippen molar-refractivity contribution < 1.29 is 0 Å². The molecule has 0 aliphatic rings. The van der Waals surface area contributed by atoms with E-state index in [1.54, 1.807) is 6.33 Å². The summed E-state index contributed by atoms with van der Waals surface area (Å²) in [6.07, 6.45) is 1.72. The van der Waals surface area contributed by atoms with Crippen molar-refractivity contribution in [3.63, 3.8) is 0 Å². The number of rotatable bonds is 4. The summed E-state index contributed by atoms with van der Waals surface area (Å²) in [5, 5.41) is 11.3. The first kappa shape index (κ1) is 11.8. The van der Waals surface area contributed by atoms with Crippen LogP contribution in [-0.2, 0) is 20.1 Å². The molecule has 0 aliphatic carbocycles. The molecule has 1 N–H and O–H groups in total. The predicted octanol–water partition coefficient (Wildman–Crippen LogP) is 1.72. The summed E-state index contributed by atoms with van der Waals surface area (Å²) in [7, 11) is 1.95. The standard InChI is InChI=1S/C13H18N4/c1-10-5-4-6-12(11(10)2)7-14-8-13-16-15-9-17(13)3/h4-6,9,14H,7-8H2,1-3H3. The van der Waals surface area contributed by atoms with Crippen LogP contribution in [0.2, 0.25) is 0 Å². The lowest BCUT2D eigenvalue weighted by Gasteiger charge is -2.09. The van der Waals surface area contributed by atoms with Crippen LogP contribution in [0.3, 0.4) is 0 Å². The summed E-state index contributed by atoms with van der Waals surface area (Å²) in [6.45, 7) is 5.90. The monoisotopic (exact) mass is 230 g/mol. The van der Waals surface area contributed by atoms with Crippen molar-refractivity contribution in [2.24, 2.45) is 7.05 Å².